The van der Waals surface area contributed by atoms with E-state index in [9.17, 15) is 9.90 Å². The van der Waals surface area contributed by atoms with Gasteiger partial charge in [0.25, 0.3) is 0 Å². The van der Waals surface area contributed by atoms with Crippen molar-refractivity contribution in [2.45, 2.75) is 38.8 Å². The summed E-state index contributed by atoms with van der Waals surface area (Å²) in [4.78, 5) is 11.2. The number of rotatable bonds is 3. The fraction of sp³-hybridized carbons (Fsp3) is 0.667. The predicted octanol–water partition coefficient (Wildman–Crippen LogP) is 2.02. The molecule has 1 aromatic heterocycles. The van der Waals surface area contributed by atoms with Crippen molar-refractivity contribution >= 4 is 5.97 Å². The smallest absolute Gasteiger partial charge is 0.309 e. The van der Waals surface area contributed by atoms with E-state index in [0.29, 0.717) is 13.0 Å². The van der Waals surface area contributed by atoms with E-state index in [4.69, 9.17) is 4.74 Å². The average Bonchev–Trinajstić information content (AvgIpc) is 2.77. The van der Waals surface area contributed by atoms with Crippen LogP contribution in [0.15, 0.2) is 12.3 Å². The zero-order valence-corrected chi connectivity index (χ0v) is 10.2. The van der Waals surface area contributed by atoms with Gasteiger partial charge in [-0.1, -0.05) is 0 Å². The SMILES string of the molecule is CC(C)n1nccc1C1OCCCC1C(=O)O. The van der Waals surface area contributed by atoms with Crippen LogP contribution in [0.25, 0.3) is 0 Å². The van der Waals surface area contributed by atoms with Crippen LogP contribution in [0.3, 0.4) is 0 Å². The molecule has 1 aliphatic heterocycles. The van der Waals surface area contributed by atoms with E-state index in [1.165, 1.54) is 0 Å². The summed E-state index contributed by atoms with van der Waals surface area (Å²) in [5, 5.41) is 13.5. The lowest BCUT2D eigenvalue weighted by Crippen LogP contribution is -2.30. The molecule has 5 heteroatoms. The van der Waals surface area contributed by atoms with E-state index >= 15 is 0 Å². The third kappa shape index (κ3) is 2.34. The Morgan fingerprint density at radius 1 is 1.65 bits per heavy atom. The molecule has 2 unspecified atom stereocenters. The van der Waals surface area contributed by atoms with Crippen LogP contribution in [0.1, 0.15) is 44.5 Å². The first-order valence-electron chi connectivity index (χ1n) is 5.99. The van der Waals surface area contributed by atoms with E-state index in [1.54, 1.807) is 6.20 Å². The topological polar surface area (TPSA) is 64.4 Å². The zero-order chi connectivity index (χ0) is 12.4. The molecule has 0 bridgehead atoms. The van der Waals surface area contributed by atoms with Gasteiger partial charge in [0.2, 0.25) is 0 Å². The van der Waals surface area contributed by atoms with Gasteiger partial charge in [-0.25, -0.2) is 0 Å². The molecule has 0 spiro atoms. The third-order valence-corrected chi connectivity index (χ3v) is 3.12. The zero-order valence-electron chi connectivity index (χ0n) is 10.2. The summed E-state index contributed by atoms with van der Waals surface area (Å²) in [6, 6.07) is 2.06. The summed E-state index contributed by atoms with van der Waals surface area (Å²) in [6.07, 6.45) is 2.81. The third-order valence-electron chi connectivity index (χ3n) is 3.12. The van der Waals surface area contributed by atoms with Gasteiger partial charge in [0.15, 0.2) is 0 Å². The quantitative estimate of drug-likeness (QED) is 0.875. The maximum atomic E-state index is 11.2. The Morgan fingerprint density at radius 3 is 3.06 bits per heavy atom. The van der Waals surface area contributed by atoms with Crippen LogP contribution in [0.5, 0.6) is 0 Å². The second-order valence-electron chi connectivity index (χ2n) is 4.67. The number of nitrogens with zero attached hydrogens (tertiary/aromatic N) is 2. The van der Waals surface area contributed by atoms with Crippen molar-refractivity contribution in [2.24, 2.45) is 5.92 Å². The molecule has 1 N–H and O–H groups in total. The Kier molecular flexibility index (Phi) is 3.47. The van der Waals surface area contributed by atoms with Gasteiger partial charge in [-0.15, -0.1) is 0 Å². The Morgan fingerprint density at radius 2 is 2.41 bits per heavy atom. The lowest BCUT2D eigenvalue weighted by Gasteiger charge is -2.29. The van der Waals surface area contributed by atoms with Crippen LogP contribution in [-0.4, -0.2) is 27.5 Å². The lowest BCUT2D eigenvalue weighted by molar-refractivity contribution is -0.152. The van der Waals surface area contributed by atoms with Crippen LogP contribution < -0.4 is 0 Å². The maximum absolute atomic E-state index is 11.2. The van der Waals surface area contributed by atoms with Crippen molar-refractivity contribution in [2.75, 3.05) is 6.61 Å². The molecule has 94 valence electrons. The normalized spacial score (nSPS) is 25.1. The van der Waals surface area contributed by atoms with Gasteiger partial charge in [-0.05, 0) is 32.8 Å². The first kappa shape index (κ1) is 12.1. The number of aliphatic carboxylic acids is 1. The molecule has 2 rings (SSSR count). The Bertz CT molecular complexity index is 400. The second kappa shape index (κ2) is 4.87. The van der Waals surface area contributed by atoms with Gasteiger partial charge in [0.1, 0.15) is 6.10 Å². The fourth-order valence-electron chi connectivity index (χ4n) is 2.31. The highest BCUT2D eigenvalue weighted by Gasteiger charge is 2.35. The Hall–Kier alpha value is -1.36. The molecule has 0 aliphatic carbocycles. The van der Waals surface area contributed by atoms with Gasteiger partial charge < -0.3 is 9.84 Å². The minimum atomic E-state index is -0.786. The van der Waals surface area contributed by atoms with Crippen molar-refractivity contribution in [1.82, 2.24) is 9.78 Å². The van der Waals surface area contributed by atoms with Gasteiger partial charge >= 0.3 is 5.97 Å². The molecular formula is C12H18N2O3. The molecule has 2 atom stereocenters. The summed E-state index contributed by atoms with van der Waals surface area (Å²) in [6.45, 7) is 4.67. The van der Waals surface area contributed by atoms with E-state index in [0.717, 1.165) is 12.1 Å². The van der Waals surface area contributed by atoms with Crippen molar-refractivity contribution < 1.29 is 14.6 Å². The van der Waals surface area contributed by atoms with E-state index in [1.807, 2.05) is 24.6 Å². The Balaban J connectivity index is 2.29. The molecule has 0 saturated carbocycles. The van der Waals surface area contributed by atoms with Gasteiger partial charge in [0, 0.05) is 18.8 Å². The van der Waals surface area contributed by atoms with Crippen LogP contribution in [0, 0.1) is 5.92 Å². The molecule has 5 nitrogen and oxygen atoms in total. The number of ether oxygens (including phenoxy) is 1. The first-order valence-corrected chi connectivity index (χ1v) is 5.99. The molecule has 0 aromatic carbocycles. The minimum absolute atomic E-state index is 0.208. The number of hydrogen-bond donors (Lipinski definition) is 1. The highest BCUT2D eigenvalue weighted by Crippen LogP contribution is 2.34. The average molecular weight is 238 g/mol. The molecule has 1 aromatic rings. The van der Waals surface area contributed by atoms with Crippen molar-refractivity contribution in [3.63, 3.8) is 0 Å². The van der Waals surface area contributed by atoms with Crippen molar-refractivity contribution in [1.29, 1.82) is 0 Å². The largest absolute Gasteiger partial charge is 0.481 e. The summed E-state index contributed by atoms with van der Waals surface area (Å²) in [5.41, 5.74) is 0.868. The molecule has 17 heavy (non-hydrogen) atoms. The van der Waals surface area contributed by atoms with Gasteiger partial charge in [-0.2, -0.15) is 5.10 Å². The molecule has 1 aliphatic rings. The number of aromatic nitrogens is 2. The fourth-order valence-corrected chi connectivity index (χ4v) is 2.31. The maximum Gasteiger partial charge on any atom is 0.309 e. The number of carboxylic acids is 1. The summed E-state index contributed by atoms with van der Waals surface area (Å²) in [5.74, 6) is -1.25. The number of carboxylic acid groups (broad SMARTS) is 1. The standard InChI is InChI=1S/C12H18N2O3/c1-8(2)14-10(5-6-13-14)11-9(12(15)16)4-3-7-17-11/h5-6,8-9,11H,3-4,7H2,1-2H3,(H,15,16). The van der Waals surface area contributed by atoms with Crippen LogP contribution in [-0.2, 0) is 9.53 Å². The van der Waals surface area contributed by atoms with Crippen LogP contribution in [0.2, 0.25) is 0 Å². The molecule has 1 fully saturated rings. The Labute approximate surface area is 100 Å². The van der Waals surface area contributed by atoms with E-state index < -0.39 is 11.9 Å². The van der Waals surface area contributed by atoms with Crippen molar-refractivity contribution in [3.05, 3.63) is 18.0 Å². The predicted molar refractivity (Wildman–Crippen MR) is 61.7 cm³/mol. The number of carbonyl (C=O) groups is 1. The van der Waals surface area contributed by atoms with Crippen LogP contribution in [0.4, 0.5) is 0 Å². The monoisotopic (exact) mass is 238 g/mol. The van der Waals surface area contributed by atoms with Gasteiger partial charge in [0.05, 0.1) is 11.6 Å². The van der Waals surface area contributed by atoms with Crippen LogP contribution >= 0.6 is 0 Å². The lowest BCUT2D eigenvalue weighted by atomic mass is 9.92. The molecule has 2 heterocycles. The highest BCUT2D eigenvalue weighted by atomic mass is 16.5. The van der Waals surface area contributed by atoms with E-state index in [-0.39, 0.29) is 12.1 Å². The molecule has 0 amide bonds. The first-order chi connectivity index (χ1) is 8.11. The summed E-state index contributed by atoms with van der Waals surface area (Å²) < 4.78 is 7.48. The highest BCUT2D eigenvalue weighted by molar-refractivity contribution is 5.71. The summed E-state index contributed by atoms with van der Waals surface area (Å²) in [7, 11) is 0. The summed E-state index contributed by atoms with van der Waals surface area (Å²) >= 11 is 0. The van der Waals surface area contributed by atoms with E-state index in [2.05, 4.69) is 5.10 Å². The second-order valence-corrected chi connectivity index (χ2v) is 4.67. The van der Waals surface area contributed by atoms with Gasteiger partial charge in [-0.3, -0.25) is 9.48 Å². The number of hydrogen-bond acceptors (Lipinski definition) is 3. The minimum Gasteiger partial charge on any atom is -0.481 e. The molecule has 1 saturated heterocycles. The molecular weight excluding hydrogens is 220 g/mol. The van der Waals surface area contributed by atoms with Crippen molar-refractivity contribution in [3.8, 4) is 0 Å². The molecule has 0 radical (unpaired) electrons.